The first kappa shape index (κ1) is 20.4. The monoisotopic (exact) mass is 387 g/mol. The number of hydrogen-bond donors (Lipinski definition) is 0. The molecule has 1 amide bonds. The van der Waals surface area contributed by atoms with Gasteiger partial charge < -0.3 is 14.4 Å². The molecule has 0 radical (unpaired) electrons. The largest absolute Gasteiger partial charge is 0.382 e. The molecule has 0 bridgehead atoms. The maximum Gasteiger partial charge on any atom is 0.244 e. The molecular weight excluding hydrogens is 358 g/mol. The number of nitrogens with zero attached hydrogens (tertiary/aromatic N) is 5. The van der Waals surface area contributed by atoms with Crippen LogP contribution in [0.5, 0.6) is 0 Å². The Balaban J connectivity index is 1.67. The van der Waals surface area contributed by atoms with E-state index in [-0.39, 0.29) is 18.4 Å². The summed E-state index contributed by atoms with van der Waals surface area (Å²) < 4.78 is 12.4. The van der Waals surface area contributed by atoms with Crippen LogP contribution in [0.1, 0.15) is 41.5 Å². The number of rotatable bonds is 8. The van der Waals surface area contributed by atoms with Crippen LogP contribution in [0.2, 0.25) is 0 Å². The number of methoxy groups -OCH3 is 1. The summed E-state index contributed by atoms with van der Waals surface area (Å²) in [5.41, 5.74) is 2.90. The molecule has 1 atom stereocenters. The van der Waals surface area contributed by atoms with Crippen LogP contribution in [0.15, 0.2) is 18.5 Å². The number of piperidine rings is 1. The van der Waals surface area contributed by atoms with Crippen molar-refractivity contribution in [3.63, 3.8) is 0 Å². The van der Waals surface area contributed by atoms with Gasteiger partial charge in [-0.3, -0.25) is 9.48 Å². The third-order valence-corrected chi connectivity index (χ3v) is 4.94. The van der Waals surface area contributed by atoms with Crippen LogP contribution in [0.3, 0.4) is 0 Å². The van der Waals surface area contributed by atoms with Crippen molar-refractivity contribution in [3.8, 4) is 0 Å². The van der Waals surface area contributed by atoms with Crippen molar-refractivity contribution >= 4 is 5.91 Å². The van der Waals surface area contributed by atoms with Gasteiger partial charge in [0, 0.05) is 44.1 Å². The van der Waals surface area contributed by atoms with Gasteiger partial charge in [-0.2, -0.15) is 5.10 Å². The minimum Gasteiger partial charge on any atom is -0.382 e. The minimum absolute atomic E-state index is 0.0940. The van der Waals surface area contributed by atoms with Gasteiger partial charge in [0.15, 0.2) is 0 Å². The standard InChI is InChI=1S/C20H29N5O3/c1-15-6-8-25(23-15)13-19(26)24-7-4-5-17(12-24)20-18(11-21-16(2)22-20)14-28-10-9-27-3/h6,8,11,17H,4-5,7,9-10,12-14H2,1-3H3. The lowest BCUT2D eigenvalue weighted by Gasteiger charge is -2.33. The van der Waals surface area contributed by atoms with E-state index >= 15 is 0 Å². The zero-order chi connectivity index (χ0) is 19.9. The Kier molecular flexibility index (Phi) is 7.11. The van der Waals surface area contributed by atoms with E-state index in [0.717, 1.165) is 42.2 Å². The first-order chi connectivity index (χ1) is 13.6. The Labute approximate surface area is 165 Å². The molecular formula is C20H29N5O3. The Morgan fingerprint density at radius 2 is 2.18 bits per heavy atom. The topological polar surface area (TPSA) is 82.4 Å². The van der Waals surface area contributed by atoms with E-state index < -0.39 is 0 Å². The molecule has 8 heteroatoms. The van der Waals surface area contributed by atoms with Crippen molar-refractivity contribution in [3.05, 3.63) is 41.2 Å². The molecule has 0 aromatic carbocycles. The first-order valence-corrected chi connectivity index (χ1v) is 9.73. The lowest BCUT2D eigenvalue weighted by molar-refractivity contribution is -0.133. The summed E-state index contributed by atoms with van der Waals surface area (Å²) in [6.45, 7) is 7.08. The third kappa shape index (κ3) is 5.36. The fraction of sp³-hybridized carbons (Fsp3) is 0.600. The molecule has 0 spiro atoms. The van der Waals surface area contributed by atoms with E-state index in [1.54, 1.807) is 11.8 Å². The molecule has 1 aliphatic heterocycles. The number of ether oxygens (including phenoxy) is 2. The van der Waals surface area contributed by atoms with E-state index in [0.29, 0.717) is 26.4 Å². The van der Waals surface area contributed by atoms with Gasteiger partial charge in [-0.1, -0.05) is 0 Å². The zero-order valence-electron chi connectivity index (χ0n) is 16.9. The molecule has 1 saturated heterocycles. The first-order valence-electron chi connectivity index (χ1n) is 9.73. The smallest absolute Gasteiger partial charge is 0.244 e. The average Bonchev–Trinajstić information content (AvgIpc) is 3.11. The highest BCUT2D eigenvalue weighted by atomic mass is 16.5. The maximum atomic E-state index is 12.7. The van der Waals surface area contributed by atoms with Crippen LogP contribution in [0, 0.1) is 13.8 Å². The van der Waals surface area contributed by atoms with Gasteiger partial charge in [-0.15, -0.1) is 0 Å². The fourth-order valence-corrected chi connectivity index (χ4v) is 3.52. The van der Waals surface area contributed by atoms with Crippen LogP contribution >= 0.6 is 0 Å². The normalized spacial score (nSPS) is 17.1. The van der Waals surface area contributed by atoms with E-state index in [9.17, 15) is 4.79 Å². The SMILES string of the molecule is COCCOCc1cnc(C)nc1C1CCCN(C(=O)Cn2ccc(C)n2)C1. The summed E-state index contributed by atoms with van der Waals surface area (Å²) >= 11 is 0. The Bertz CT molecular complexity index is 792. The van der Waals surface area contributed by atoms with Crippen molar-refractivity contribution < 1.29 is 14.3 Å². The second-order valence-electron chi connectivity index (χ2n) is 7.21. The highest BCUT2D eigenvalue weighted by Crippen LogP contribution is 2.28. The van der Waals surface area contributed by atoms with Gasteiger partial charge in [-0.25, -0.2) is 9.97 Å². The van der Waals surface area contributed by atoms with Gasteiger partial charge in [0.05, 0.1) is 31.2 Å². The summed E-state index contributed by atoms with van der Waals surface area (Å²) in [6.07, 6.45) is 5.66. The van der Waals surface area contributed by atoms with E-state index in [1.165, 1.54) is 0 Å². The van der Waals surface area contributed by atoms with Gasteiger partial charge in [0.2, 0.25) is 5.91 Å². The Morgan fingerprint density at radius 3 is 2.93 bits per heavy atom. The van der Waals surface area contributed by atoms with E-state index in [2.05, 4.69) is 10.1 Å². The second-order valence-corrected chi connectivity index (χ2v) is 7.21. The van der Waals surface area contributed by atoms with E-state index in [4.69, 9.17) is 14.5 Å². The summed E-state index contributed by atoms with van der Waals surface area (Å²) in [5.74, 6) is 1.03. The average molecular weight is 387 g/mol. The molecule has 3 rings (SSSR count). The summed E-state index contributed by atoms with van der Waals surface area (Å²) in [6, 6.07) is 1.91. The molecule has 8 nitrogen and oxygen atoms in total. The number of aromatic nitrogens is 4. The predicted octanol–water partition coefficient (Wildman–Crippen LogP) is 1.86. The number of carbonyl (C=O) groups excluding carboxylic acids is 1. The molecule has 2 aromatic heterocycles. The molecule has 0 N–H and O–H groups in total. The Hall–Kier alpha value is -2.32. The molecule has 0 aliphatic carbocycles. The molecule has 28 heavy (non-hydrogen) atoms. The lowest BCUT2D eigenvalue weighted by Crippen LogP contribution is -2.41. The van der Waals surface area contributed by atoms with Gasteiger partial charge >= 0.3 is 0 Å². The number of hydrogen-bond acceptors (Lipinski definition) is 6. The summed E-state index contributed by atoms with van der Waals surface area (Å²) in [7, 11) is 1.65. The number of carbonyl (C=O) groups is 1. The van der Waals surface area contributed by atoms with Crippen LogP contribution in [-0.4, -0.2) is 64.0 Å². The molecule has 152 valence electrons. The molecule has 1 aliphatic rings. The predicted molar refractivity (Wildman–Crippen MR) is 104 cm³/mol. The fourth-order valence-electron chi connectivity index (χ4n) is 3.52. The van der Waals surface area contributed by atoms with Crippen LogP contribution in [0.25, 0.3) is 0 Å². The van der Waals surface area contributed by atoms with Crippen molar-refractivity contribution in [1.82, 2.24) is 24.6 Å². The van der Waals surface area contributed by atoms with Crippen molar-refractivity contribution in [2.75, 3.05) is 33.4 Å². The molecule has 1 unspecified atom stereocenters. The van der Waals surface area contributed by atoms with Crippen molar-refractivity contribution in [2.45, 2.75) is 45.8 Å². The third-order valence-electron chi connectivity index (χ3n) is 4.94. The second kappa shape index (κ2) is 9.75. The molecule has 3 heterocycles. The quantitative estimate of drug-likeness (QED) is 0.643. The molecule has 2 aromatic rings. The number of likely N-dealkylation sites (tertiary alicyclic amines) is 1. The van der Waals surface area contributed by atoms with Crippen molar-refractivity contribution in [2.24, 2.45) is 0 Å². The van der Waals surface area contributed by atoms with Gasteiger partial charge in [0.25, 0.3) is 0 Å². The molecule has 1 fully saturated rings. The highest BCUT2D eigenvalue weighted by Gasteiger charge is 2.27. The minimum atomic E-state index is 0.0940. The summed E-state index contributed by atoms with van der Waals surface area (Å²) in [5, 5.41) is 4.32. The van der Waals surface area contributed by atoms with E-state index in [1.807, 2.05) is 37.2 Å². The highest BCUT2D eigenvalue weighted by molar-refractivity contribution is 5.76. The van der Waals surface area contributed by atoms with Gasteiger partial charge in [-0.05, 0) is 32.8 Å². The number of aryl methyl sites for hydroxylation is 2. The van der Waals surface area contributed by atoms with Crippen LogP contribution < -0.4 is 0 Å². The number of amides is 1. The maximum absolute atomic E-state index is 12.7. The van der Waals surface area contributed by atoms with Crippen LogP contribution in [0.4, 0.5) is 0 Å². The van der Waals surface area contributed by atoms with Crippen molar-refractivity contribution in [1.29, 1.82) is 0 Å². The van der Waals surface area contributed by atoms with Crippen LogP contribution in [-0.2, 0) is 27.4 Å². The Morgan fingerprint density at radius 1 is 1.32 bits per heavy atom. The molecule has 0 saturated carbocycles. The van der Waals surface area contributed by atoms with Gasteiger partial charge in [0.1, 0.15) is 12.4 Å². The zero-order valence-corrected chi connectivity index (χ0v) is 16.9. The summed E-state index contributed by atoms with van der Waals surface area (Å²) in [4.78, 5) is 23.7. The lowest BCUT2D eigenvalue weighted by atomic mass is 9.92.